The number of hydrogen-bond donors (Lipinski definition) is 1. The number of aliphatic hydroxyl groups is 1. The van der Waals surface area contributed by atoms with E-state index in [0.29, 0.717) is 22.4 Å². The normalized spacial score (nSPS) is 22.9. The first-order valence-electron chi connectivity index (χ1n) is 11.5. The number of hydrogen-bond acceptors (Lipinski definition) is 4. The van der Waals surface area contributed by atoms with Crippen molar-refractivity contribution in [1.82, 2.24) is 0 Å². The molecule has 0 radical (unpaired) electrons. The van der Waals surface area contributed by atoms with Crippen molar-refractivity contribution >= 4 is 29.2 Å². The minimum Gasteiger partial charge on any atom is -0.489 e. The summed E-state index contributed by atoms with van der Waals surface area (Å²) in [7, 11) is 0. The van der Waals surface area contributed by atoms with Crippen LogP contribution in [0.3, 0.4) is 0 Å². The number of ether oxygens (including phenoxy) is 2. The lowest BCUT2D eigenvalue weighted by atomic mass is 9.73. The van der Waals surface area contributed by atoms with Crippen LogP contribution < -0.4 is 4.74 Å². The summed E-state index contributed by atoms with van der Waals surface area (Å²) >= 11 is 12.7. The van der Waals surface area contributed by atoms with Crippen LogP contribution >= 0.6 is 23.2 Å². The Bertz CT molecular complexity index is 938. The lowest BCUT2D eigenvalue weighted by Gasteiger charge is -2.33. The van der Waals surface area contributed by atoms with Crippen LogP contribution in [0.5, 0.6) is 5.75 Å². The van der Waals surface area contributed by atoms with Crippen LogP contribution in [0, 0.1) is 12.8 Å². The fourth-order valence-corrected chi connectivity index (χ4v) is 5.57. The number of carbonyl (C=O) groups excluding carboxylic acids is 1. The van der Waals surface area contributed by atoms with E-state index in [2.05, 4.69) is 12.1 Å². The first-order valence-corrected chi connectivity index (χ1v) is 12.2. The summed E-state index contributed by atoms with van der Waals surface area (Å²) in [4.78, 5) is 11.7. The molecule has 3 atom stereocenters. The van der Waals surface area contributed by atoms with Crippen LogP contribution in [0.2, 0.25) is 10.0 Å². The van der Waals surface area contributed by atoms with Gasteiger partial charge in [0.1, 0.15) is 18.5 Å². The van der Waals surface area contributed by atoms with Gasteiger partial charge in [-0.2, -0.15) is 0 Å². The summed E-state index contributed by atoms with van der Waals surface area (Å²) in [6, 6.07) is 12.0. The van der Waals surface area contributed by atoms with Crippen molar-refractivity contribution in [3.8, 4) is 5.75 Å². The Morgan fingerprint density at radius 1 is 1.09 bits per heavy atom. The predicted octanol–water partition coefficient (Wildman–Crippen LogP) is 6.46. The highest BCUT2D eigenvalue weighted by atomic mass is 35.5. The smallest absolute Gasteiger partial charge is 0.308 e. The minimum atomic E-state index is -0.681. The predicted molar refractivity (Wildman–Crippen MR) is 127 cm³/mol. The Balaban J connectivity index is 1.68. The fraction of sp³-hybridized carbons (Fsp3) is 0.500. The van der Waals surface area contributed by atoms with Crippen molar-refractivity contribution < 1.29 is 19.4 Å². The molecule has 1 saturated heterocycles. The van der Waals surface area contributed by atoms with Crippen LogP contribution in [0.4, 0.5) is 0 Å². The maximum absolute atomic E-state index is 11.7. The summed E-state index contributed by atoms with van der Waals surface area (Å²) in [5, 5.41) is 11.3. The van der Waals surface area contributed by atoms with E-state index >= 15 is 0 Å². The zero-order valence-corrected chi connectivity index (χ0v) is 19.9. The molecule has 4 rings (SSSR count). The summed E-state index contributed by atoms with van der Waals surface area (Å²) in [6.45, 7) is 2.20. The zero-order valence-electron chi connectivity index (χ0n) is 18.4. The van der Waals surface area contributed by atoms with E-state index in [1.54, 1.807) is 0 Å². The number of aryl methyl sites for hydroxylation is 1. The molecule has 4 nitrogen and oxygen atoms in total. The second-order valence-corrected chi connectivity index (χ2v) is 9.96. The average Bonchev–Trinajstić information content (AvgIpc) is 2.75. The number of aliphatic hydroxyl groups excluding tert-OH is 1. The van der Waals surface area contributed by atoms with Crippen LogP contribution in [0.25, 0.3) is 0 Å². The second kappa shape index (κ2) is 10.5. The van der Waals surface area contributed by atoms with Crippen LogP contribution in [-0.4, -0.2) is 29.9 Å². The molecule has 1 saturated carbocycles. The molecule has 1 heterocycles. The fourth-order valence-electron chi connectivity index (χ4n) is 5.17. The van der Waals surface area contributed by atoms with E-state index in [0.717, 1.165) is 29.7 Å². The number of cyclic esters (lactones) is 1. The SMILES string of the molecule is Cc1cc(Cl)cc(C(c2ccc(Cl)cc2)C2CCCCC2)c1OCC1CC(O)CC(=O)O1. The molecule has 3 unspecified atom stereocenters. The molecule has 1 aliphatic heterocycles. The number of esters is 1. The van der Waals surface area contributed by atoms with Gasteiger partial charge in [0, 0.05) is 27.9 Å². The first-order chi connectivity index (χ1) is 15.4. The van der Waals surface area contributed by atoms with Gasteiger partial charge in [0.15, 0.2) is 0 Å². The molecule has 172 valence electrons. The number of halogens is 2. The number of carbonyl (C=O) groups is 1. The van der Waals surface area contributed by atoms with Crippen molar-refractivity contribution in [2.75, 3.05) is 6.61 Å². The minimum absolute atomic E-state index is 0.0437. The topological polar surface area (TPSA) is 55.8 Å². The van der Waals surface area contributed by atoms with Gasteiger partial charge in [-0.15, -0.1) is 0 Å². The lowest BCUT2D eigenvalue weighted by molar-refractivity contribution is -0.162. The molecule has 0 bridgehead atoms. The molecular weight excluding hydrogens is 447 g/mol. The van der Waals surface area contributed by atoms with Gasteiger partial charge in [-0.25, -0.2) is 0 Å². The van der Waals surface area contributed by atoms with Gasteiger partial charge in [0.05, 0.1) is 12.5 Å². The molecule has 1 N–H and O–H groups in total. The van der Waals surface area contributed by atoms with Gasteiger partial charge in [0.25, 0.3) is 0 Å². The van der Waals surface area contributed by atoms with E-state index in [-0.39, 0.29) is 24.9 Å². The van der Waals surface area contributed by atoms with Gasteiger partial charge >= 0.3 is 5.97 Å². The molecule has 2 fully saturated rings. The van der Waals surface area contributed by atoms with Gasteiger partial charge in [0.2, 0.25) is 0 Å². The molecule has 2 aromatic rings. The largest absolute Gasteiger partial charge is 0.489 e. The van der Waals surface area contributed by atoms with E-state index in [1.807, 2.05) is 31.2 Å². The maximum atomic E-state index is 11.7. The Hall–Kier alpha value is -1.75. The molecule has 2 aromatic carbocycles. The molecular formula is C26H30Cl2O4. The third-order valence-electron chi connectivity index (χ3n) is 6.60. The zero-order chi connectivity index (χ0) is 22.7. The van der Waals surface area contributed by atoms with E-state index in [1.165, 1.54) is 24.8 Å². The van der Waals surface area contributed by atoms with Crippen LogP contribution in [-0.2, 0) is 9.53 Å². The average molecular weight is 477 g/mol. The van der Waals surface area contributed by atoms with Crippen LogP contribution in [0.15, 0.2) is 36.4 Å². The highest BCUT2D eigenvalue weighted by Crippen LogP contribution is 2.45. The summed E-state index contributed by atoms with van der Waals surface area (Å²) in [5.41, 5.74) is 3.21. The van der Waals surface area contributed by atoms with E-state index < -0.39 is 12.2 Å². The van der Waals surface area contributed by atoms with Gasteiger partial charge in [-0.3, -0.25) is 4.79 Å². The van der Waals surface area contributed by atoms with Crippen molar-refractivity contribution in [1.29, 1.82) is 0 Å². The summed E-state index contributed by atoms with van der Waals surface area (Å²) in [6.07, 6.45) is 5.32. The maximum Gasteiger partial charge on any atom is 0.308 e. The Morgan fingerprint density at radius 3 is 2.50 bits per heavy atom. The molecule has 0 amide bonds. The van der Waals surface area contributed by atoms with Gasteiger partial charge in [-0.05, 0) is 61.1 Å². The molecule has 0 aromatic heterocycles. The molecule has 0 spiro atoms. The van der Waals surface area contributed by atoms with E-state index in [4.69, 9.17) is 32.7 Å². The summed E-state index contributed by atoms with van der Waals surface area (Å²) < 4.78 is 11.7. The highest BCUT2D eigenvalue weighted by Gasteiger charge is 2.32. The Kier molecular flexibility index (Phi) is 7.65. The van der Waals surface area contributed by atoms with E-state index in [9.17, 15) is 9.90 Å². The standard InChI is InChI=1S/C26H30Cl2O4/c1-16-11-20(28)12-23(26(16)31-15-22-13-21(29)14-24(30)32-22)25(17-5-3-2-4-6-17)18-7-9-19(27)10-8-18/h7-12,17,21-22,25,29H,2-6,13-15H2,1H3. The molecule has 32 heavy (non-hydrogen) atoms. The number of benzene rings is 2. The van der Waals surface area contributed by atoms with Gasteiger partial charge in [-0.1, -0.05) is 54.6 Å². The Labute approximate surface area is 199 Å². The Morgan fingerprint density at radius 2 is 1.81 bits per heavy atom. The first kappa shape index (κ1) is 23.4. The molecule has 1 aliphatic carbocycles. The van der Waals surface area contributed by atoms with Gasteiger partial charge < -0.3 is 14.6 Å². The number of rotatable bonds is 6. The van der Waals surface area contributed by atoms with Crippen molar-refractivity contribution in [3.05, 3.63) is 63.1 Å². The molecule has 6 heteroatoms. The second-order valence-electron chi connectivity index (χ2n) is 9.08. The summed E-state index contributed by atoms with van der Waals surface area (Å²) in [5.74, 6) is 1.03. The van der Waals surface area contributed by atoms with Crippen molar-refractivity contribution in [2.45, 2.75) is 70.0 Å². The highest BCUT2D eigenvalue weighted by molar-refractivity contribution is 6.31. The van der Waals surface area contributed by atoms with Crippen molar-refractivity contribution in [2.24, 2.45) is 5.92 Å². The quantitative estimate of drug-likeness (QED) is 0.486. The van der Waals surface area contributed by atoms with Crippen LogP contribution in [0.1, 0.15) is 67.6 Å². The third kappa shape index (κ3) is 5.59. The lowest BCUT2D eigenvalue weighted by Crippen LogP contribution is -2.36. The molecule has 2 aliphatic rings. The monoisotopic (exact) mass is 476 g/mol. The van der Waals surface area contributed by atoms with Crippen molar-refractivity contribution in [3.63, 3.8) is 0 Å². The third-order valence-corrected chi connectivity index (χ3v) is 7.07.